The van der Waals surface area contributed by atoms with Gasteiger partial charge in [0.15, 0.2) is 0 Å². The van der Waals surface area contributed by atoms with Crippen molar-refractivity contribution in [2.24, 2.45) is 0 Å². The zero-order valence-electron chi connectivity index (χ0n) is 13.5. The van der Waals surface area contributed by atoms with Crippen molar-refractivity contribution in [1.29, 1.82) is 0 Å². The zero-order chi connectivity index (χ0) is 15.6. The quantitative estimate of drug-likeness (QED) is 0.875. The SMILES string of the molecule is COC[C@H](NC(=O)CN1CCCCCCC1)c1ccccn1. The number of nitrogens with zero attached hydrogens (tertiary/aromatic N) is 2. The first-order valence-electron chi connectivity index (χ1n) is 8.21. The van der Waals surface area contributed by atoms with Crippen LogP contribution in [0.5, 0.6) is 0 Å². The van der Waals surface area contributed by atoms with Gasteiger partial charge >= 0.3 is 0 Å². The Bertz CT molecular complexity index is 431. The summed E-state index contributed by atoms with van der Waals surface area (Å²) in [6.45, 7) is 2.94. The molecule has 0 spiro atoms. The van der Waals surface area contributed by atoms with Crippen molar-refractivity contribution in [2.75, 3.05) is 33.4 Å². The molecule has 1 N–H and O–H groups in total. The van der Waals surface area contributed by atoms with E-state index in [4.69, 9.17) is 4.74 Å². The minimum absolute atomic E-state index is 0.0493. The summed E-state index contributed by atoms with van der Waals surface area (Å²) >= 11 is 0. The number of pyridine rings is 1. The van der Waals surface area contributed by atoms with Crippen LogP contribution < -0.4 is 5.32 Å². The van der Waals surface area contributed by atoms with Gasteiger partial charge in [0.25, 0.3) is 0 Å². The van der Waals surface area contributed by atoms with Crippen LogP contribution in [0.15, 0.2) is 24.4 Å². The minimum atomic E-state index is -0.187. The van der Waals surface area contributed by atoms with Crippen LogP contribution in [-0.2, 0) is 9.53 Å². The van der Waals surface area contributed by atoms with E-state index in [1.807, 2.05) is 18.2 Å². The number of carbonyl (C=O) groups excluding carboxylic acids is 1. The van der Waals surface area contributed by atoms with E-state index in [9.17, 15) is 4.79 Å². The van der Waals surface area contributed by atoms with Gasteiger partial charge in [0.2, 0.25) is 5.91 Å². The summed E-state index contributed by atoms with van der Waals surface area (Å²) in [6, 6.07) is 5.53. The molecule has 1 aliphatic rings. The van der Waals surface area contributed by atoms with Crippen LogP contribution >= 0.6 is 0 Å². The van der Waals surface area contributed by atoms with Crippen molar-refractivity contribution in [3.05, 3.63) is 30.1 Å². The highest BCUT2D eigenvalue weighted by molar-refractivity contribution is 5.78. The van der Waals surface area contributed by atoms with E-state index < -0.39 is 0 Å². The summed E-state index contributed by atoms with van der Waals surface area (Å²) in [4.78, 5) is 18.9. The number of hydrogen-bond donors (Lipinski definition) is 1. The summed E-state index contributed by atoms with van der Waals surface area (Å²) < 4.78 is 5.22. The molecule has 2 rings (SSSR count). The number of hydrogen-bond acceptors (Lipinski definition) is 4. The van der Waals surface area contributed by atoms with Crippen LogP contribution in [0.3, 0.4) is 0 Å². The maximum absolute atomic E-state index is 12.3. The van der Waals surface area contributed by atoms with Crippen molar-refractivity contribution in [1.82, 2.24) is 15.2 Å². The van der Waals surface area contributed by atoms with Crippen LogP contribution in [0.4, 0.5) is 0 Å². The number of methoxy groups -OCH3 is 1. The van der Waals surface area contributed by atoms with Crippen LogP contribution in [0.1, 0.15) is 43.8 Å². The molecule has 0 radical (unpaired) electrons. The smallest absolute Gasteiger partial charge is 0.234 e. The molecule has 1 fully saturated rings. The molecule has 22 heavy (non-hydrogen) atoms. The molecule has 0 unspecified atom stereocenters. The Morgan fingerprint density at radius 3 is 2.64 bits per heavy atom. The van der Waals surface area contributed by atoms with E-state index in [0.717, 1.165) is 18.8 Å². The zero-order valence-corrected chi connectivity index (χ0v) is 13.5. The highest BCUT2D eigenvalue weighted by atomic mass is 16.5. The van der Waals surface area contributed by atoms with Gasteiger partial charge in [0, 0.05) is 13.3 Å². The highest BCUT2D eigenvalue weighted by Gasteiger charge is 2.18. The third kappa shape index (κ3) is 5.73. The third-order valence-corrected chi connectivity index (χ3v) is 4.03. The molecule has 0 bridgehead atoms. The van der Waals surface area contributed by atoms with Crippen LogP contribution in [0.2, 0.25) is 0 Å². The predicted molar refractivity (Wildman–Crippen MR) is 86.5 cm³/mol. The summed E-state index contributed by atoms with van der Waals surface area (Å²) in [7, 11) is 1.64. The van der Waals surface area contributed by atoms with Crippen molar-refractivity contribution in [2.45, 2.75) is 38.1 Å². The Hall–Kier alpha value is -1.46. The molecular formula is C17H27N3O2. The second-order valence-electron chi connectivity index (χ2n) is 5.87. The summed E-state index contributed by atoms with van der Waals surface area (Å²) in [5.41, 5.74) is 0.838. The largest absolute Gasteiger partial charge is 0.382 e. The predicted octanol–water partition coefficient (Wildman–Crippen LogP) is 2.15. The Balaban J connectivity index is 1.87. The standard InChI is InChI=1S/C17H27N3O2/c1-22-14-16(15-9-5-6-10-18-15)19-17(21)13-20-11-7-3-2-4-8-12-20/h5-6,9-10,16H,2-4,7-8,11-14H2,1H3,(H,19,21)/t16-/m0/s1. The first-order chi connectivity index (χ1) is 10.8. The molecule has 1 aromatic heterocycles. The average Bonchev–Trinajstić information content (AvgIpc) is 2.50. The molecule has 1 amide bonds. The topological polar surface area (TPSA) is 54.5 Å². The van der Waals surface area contributed by atoms with Gasteiger partial charge in [-0.05, 0) is 38.1 Å². The maximum atomic E-state index is 12.3. The van der Waals surface area contributed by atoms with Gasteiger partial charge in [0.05, 0.1) is 24.9 Å². The lowest BCUT2D eigenvalue weighted by Gasteiger charge is -2.25. The van der Waals surface area contributed by atoms with E-state index in [1.54, 1.807) is 13.3 Å². The fraction of sp³-hybridized carbons (Fsp3) is 0.647. The van der Waals surface area contributed by atoms with E-state index >= 15 is 0 Å². The fourth-order valence-electron chi connectivity index (χ4n) is 2.86. The lowest BCUT2D eigenvalue weighted by molar-refractivity contribution is -0.123. The second kappa shape index (κ2) is 9.54. The minimum Gasteiger partial charge on any atom is -0.382 e. The van der Waals surface area contributed by atoms with Crippen LogP contribution in [0, 0.1) is 0 Å². The van der Waals surface area contributed by atoms with E-state index in [2.05, 4.69) is 15.2 Å². The summed E-state index contributed by atoms with van der Waals surface area (Å²) in [5, 5.41) is 3.05. The third-order valence-electron chi connectivity index (χ3n) is 4.03. The van der Waals surface area contributed by atoms with Crippen molar-refractivity contribution < 1.29 is 9.53 Å². The lowest BCUT2D eigenvalue weighted by atomic mass is 10.1. The Morgan fingerprint density at radius 1 is 1.27 bits per heavy atom. The number of amides is 1. The Morgan fingerprint density at radius 2 is 2.00 bits per heavy atom. The molecule has 2 heterocycles. The Kier molecular flexibility index (Phi) is 7.33. The van der Waals surface area contributed by atoms with Gasteiger partial charge in [-0.1, -0.05) is 25.3 Å². The molecule has 0 aliphatic carbocycles. The molecule has 1 aliphatic heterocycles. The average molecular weight is 305 g/mol. The lowest BCUT2D eigenvalue weighted by Crippen LogP contribution is -2.41. The number of aromatic nitrogens is 1. The molecule has 5 nitrogen and oxygen atoms in total. The molecule has 122 valence electrons. The molecule has 1 aromatic rings. The summed E-state index contributed by atoms with van der Waals surface area (Å²) in [6.07, 6.45) is 8.00. The molecule has 0 saturated carbocycles. The van der Waals surface area contributed by atoms with Crippen LogP contribution in [-0.4, -0.2) is 49.1 Å². The van der Waals surface area contributed by atoms with Gasteiger partial charge in [-0.3, -0.25) is 14.7 Å². The molecule has 0 aromatic carbocycles. The van der Waals surface area contributed by atoms with Gasteiger partial charge in [0.1, 0.15) is 0 Å². The highest BCUT2D eigenvalue weighted by Crippen LogP contribution is 2.12. The first kappa shape index (κ1) is 16.9. The molecule has 1 saturated heterocycles. The van der Waals surface area contributed by atoms with Crippen molar-refractivity contribution >= 4 is 5.91 Å². The van der Waals surface area contributed by atoms with E-state index in [1.165, 1.54) is 32.1 Å². The van der Waals surface area contributed by atoms with Gasteiger partial charge in [-0.2, -0.15) is 0 Å². The fourth-order valence-corrected chi connectivity index (χ4v) is 2.86. The summed E-state index contributed by atoms with van der Waals surface area (Å²) in [5.74, 6) is 0.0493. The first-order valence-corrected chi connectivity index (χ1v) is 8.21. The number of likely N-dealkylation sites (tertiary alicyclic amines) is 1. The van der Waals surface area contributed by atoms with Gasteiger partial charge in [-0.15, -0.1) is 0 Å². The van der Waals surface area contributed by atoms with Crippen molar-refractivity contribution in [3.63, 3.8) is 0 Å². The van der Waals surface area contributed by atoms with E-state index in [-0.39, 0.29) is 11.9 Å². The molecule has 5 heteroatoms. The maximum Gasteiger partial charge on any atom is 0.234 e. The van der Waals surface area contributed by atoms with Gasteiger partial charge in [-0.25, -0.2) is 0 Å². The number of nitrogens with one attached hydrogen (secondary N) is 1. The molecular weight excluding hydrogens is 278 g/mol. The second-order valence-corrected chi connectivity index (χ2v) is 5.87. The number of ether oxygens (including phenoxy) is 1. The van der Waals surface area contributed by atoms with Crippen LogP contribution in [0.25, 0.3) is 0 Å². The Labute approximate surface area is 133 Å². The molecule has 1 atom stereocenters. The van der Waals surface area contributed by atoms with Crippen molar-refractivity contribution in [3.8, 4) is 0 Å². The normalized spacial score (nSPS) is 18.2. The number of rotatable bonds is 6. The monoisotopic (exact) mass is 305 g/mol. The van der Waals surface area contributed by atoms with Gasteiger partial charge < -0.3 is 10.1 Å². The number of carbonyl (C=O) groups is 1. The van der Waals surface area contributed by atoms with E-state index in [0.29, 0.717) is 13.2 Å².